The number of benzene rings is 2. The first-order chi connectivity index (χ1) is 14.9. The molecular weight excluding hydrogens is 410 g/mol. The fourth-order valence-electron chi connectivity index (χ4n) is 3.42. The van der Waals surface area contributed by atoms with Crippen molar-refractivity contribution in [1.82, 2.24) is 14.9 Å². The molecule has 0 saturated carbocycles. The molecule has 1 amide bonds. The maximum Gasteiger partial charge on any atom is 0.242 e. The smallest absolute Gasteiger partial charge is 0.242 e. The van der Waals surface area contributed by atoms with Crippen molar-refractivity contribution in [2.24, 2.45) is 0 Å². The third-order valence-corrected chi connectivity index (χ3v) is 6.03. The number of nitrogens with two attached hydrogens (primary N) is 1. The Labute approximate surface area is 184 Å². The standard InChI is InChI=1S/C23H23N5O2S/c1-14-11-15(2)13-18(12-14)25-22(29)20(17-7-5-4-6-8-17)31-23-27-26-21(28(23)24)19-9-10-30-16(19)3/h4-13,20H,24H2,1-3H3,(H,25,29). The highest BCUT2D eigenvalue weighted by Gasteiger charge is 2.26. The summed E-state index contributed by atoms with van der Waals surface area (Å²) in [6, 6.07) is 17.3. The number of rotatable bonds is 6. The van der Waals surface area contributed by atoms with Crippen LogP contribution in [0.4, 0.5) is 5.69 Å². The summed E-state index contributed by atoms with van der Waals surface area (Å²) in [5.74, 6) is 7.30. The van der Waals surface area contributed by atoms with Gasteiger partial charge in [-0.1, -0.05) is 48.2 Å². The highest BCUT2D eigenvalue weighted by atomic mass is 32.2. The molecule has 0 aliphatic rings. The van der Waals surface area contributed by atoms with Crippen LogP contribution in [-0.2, 0) is 4.79 Å². The molecule has 158 valence electrons. The molecule has 1 unspecified atom stereocenters. The van der Waals surface area contributed by atoms with E-state index in [1.165, 1.54) is 16.4 Å². The second-order valence-electron chi connectivity index (χ2n) is 7.34. The Morgan fingerprint density at radius 2 is 1.77 bits per heavy atom. The molecule has 0 aliphatic heterocycles. The molecule has 0 aliphatic carbocycles. The Kier molecular flexibility index (Phi) is 5.81. The zero-order valence-electron chi connectivity index (χ0n) is 17.5. The average Bonchev–Trinajstić information content (AvgIpc) is 3.31. The Morgan fingerprint density at radius 3 is 2.42 bits per heavy atom. The van der Waals surface area contributed by atoms with Crippen LogP contribution in [0.15, 0.2) is 70.4 Å². The van der Waals surface area contributed by atoms with Crippen LogP contribution in [0.25, 0.3) is 11.4 Å². The maximum absolute atomic E-state index is 13.3. The number of hydrogen-bond acceptors (Lipinski definition) is 6. The number of amides is 1. The van der Waals surface area contributed by atoms with Crippen molar-refractivity contribution in [3.63, 3.8) is 0 Å². The van der Waals surface area contributed by atoms with E-state index in [0.29, 0.717) is 16.7 Å². The van der Waals surface area contributed by atoms with Crippen LogP contribution in [0.1, 0.15) is 27.7 Å². The van der Waals surface area contributed by atoms with Gasteiger partial charge in [0.2, 0.25) is 11.1 Å². The zero-order chi connectivity index (χ0) is 22.0. The van der Waals surface area contributed by atoms with E-state index >= 15 is 0 Å². The van der Waals surface area contributed by atoms with Gasteiger partial charge in [0.15, 0.2) is 5.82 Å². The van der Waals surface area contributed by atoms with Gasteiger partial charge in [-0.05, 0) is 55.7 Å². The number of anilines is 1. The Bertz CT molecular complexity index is 1200. The van der Waals surface area contributed by atoms with Gasteiger partial charge >= 0.3 is 0 Å². The molecule has 3 N–H and O–H groups in total. The van der Waals surface area contributed by atoms with E-state index in [0.717, 1.165) is 27.9 Å². The minimum absolute atomic E-state index is 0.162. The van der Waals surface area contributed by atoms with Gasteiger partial charge in [-0.25, -0.2) is 4.68 Å². The van der Waals surface area contributed by atoms with Crippen LogP contribution >= 0.6 is 11.8 Å². The molecule has 0 bridgehead atoms. The molecule has 0 saturated heterocycles. The summed E-state index contributed by atoms with van der Waals surface area (Å²) >= 11 is 1.25. The summed E-state index contributed by atoms with van der Waals surface area (Å²) in [4.78, 5) is 13.3. The summed E-state index contributed by atoms with van der Waals surface area (Å²) in [5, 5.41) is 11.3. The predicted octanol–water partition coefficient (Wildman–Crippen LogP) is 4.65. The van der Waals surface area contributed by atoms with E-state index in [1.807, 2.05) is 63.2 Å². The maximum atomic E-state index is 13.3. The van der Waals surface area contributed by atoms with Gasteiger partial charge in [-0.15, -0.1) is 10.2 Å². The highest BCUT2D eigenvalue weighted by molar-refractivity contribution is 8.00. The van der Waals surface area contributed by atoms with E-state index in [9.17, 15) is 4.79 Å². The number of aromatic nitrogens is 3. The number of carbonyl (C=O) groups excluding carboxylic acids is 1. The molecule has 2 aromatic carbocycles. The summed E-state index contributed by atoms with van der Waals surface area (Å²) in [6.45, 7) is 5.84. The molecule has 0 radical (unpaired) electrons. The fraction of sp³-hybridized carbons (Fsp3) is 0.174. The third-order valence-electron chi connectivity index (χ3n) is 4.82. The lowest BCUT2D eigenvalue weighted by Crippen LogP contribution is -2.20. The van der Waals surface area contributed by atoms with E-state index in [-0.39, 0.29) is 5.91 Å². The summed E-state index contributed by atoms with van der Waals surface area (Å²) < 4.78 is 6.74. The number of nitrogens with one attached hydrogen (secondary N) is 1. The van der Waals surface area contributed by atoms with Crippen LogP contribution < -0.4 is 11.2 Å². The Balaban J connectivity index is 1.64. The van der Waals surface area contributed by atoms with E-state index in [2.05, 4.69) is 21.6 Å². The van der Waals surface area contributed by atoms with Crippen molar-refractivity contribution in [2.75, 3.05) is 11.2 Å². The van der Waals surface area contributed by atoms with Crippen LogP contribution in [0.5, 0.6) is 0 Å². The number of hydrogen-bond donors (Lipinski definition) is 2. The lowest BCUT2D eigenvalue weighted by molar-refractivity contribution is -0.115. The van der Waals surface area contributed by atoms with E-state index < -0.39 is 5.25 Å². The van der Waals surface area contributed by atoms with Crippen molar-refractivity contribution < 1.29 is 9.21 Å². The van der Waals surface area contributed by atoms with Crippen molar-refractivity contribution in [1.29, 1.82) is 0 Å². The Hall–Kier alpha value is -3.52. The average molecular weight is 434 g/mol. The molecule has 31 heavy (non-hydrogen) atoms. The van der Waals surface area contributed by atoms with Gasteiger partial charge in [0.05, 0.1) is 11.8 Å². The van der Waals surface area contributed by atoms with Crippen LogP contribution in [0.2, 0.25) is 0 Å². The number of nitrogens with zero attached hydrogens (tertiary/aromatic N) is 3. The zero-order valence-corrected chi connectivity index (χ0v) is 18.3. The van der Waals surface area contributed by atoms with E-state index in [1.54, 1.807) is 12.3 Å². The molecular formula is C23H23N5O2S. The highest BCUT2D eigenvalue weighted by Crippen LogP contribution is 2.36. The minimum atomic E-state index is -0.563. The number of furan rings is 1. The third kappa shape index (κ3) is 4.49. The summed E-state index contributed by atoms with van der Waals surface area (Å²) in [7, 11) is 0. The minimum Gasteiger partial charge on any atom is -0.469 e. The first-order valence-electron chi connectivity index (χ1n) is 9.78. The fourth-order valence-corrected chi connectivity index (χ4v) is 4.38. The van der Waals surface area contributed by atoms with Crippen LogP contribution in [-0.4, -0.2) is 20.8 Å². The van der Waals surface area contributed by atoms with Crippen LogP contribution in [0, 0.1) is 20.8 Å². The second kappa shape index (κ2) is 8.69. The van der Waals surface area contributed by atoms with Gasteiger partial charge in [0, 0.05) is 5.69 Å². The predicted molar refractivity (Wildman–Crippen MR) is 122 cm³/mol. The van der Waals surface area contributed by atoms with Crippen LogP contribution in [0.3, 0.4) is 0 Å². The van der Waals surface area contributed by atoms with E-state index in [4.69, 9.17) is 10.3 Å². The molecule has 8 heteroatoms. The summed E-state index contributed by atoms with van der Waals surface area (Å²) in [6.07, 6.45) is 1.58. The molecule has 4 aromatic rings. The molecule has 2 aromatic heterocycles. The molecule has 2 heterocycles. The largest absolute Gasteiger partial charge is 0.469 e. The number of thioether (sulfide) groups is 1. The van der Waals surface area contributed by atoms with Crippen molar-refractivity contribution in [3.8, 4) is 11.4 Å². The van der Waals surface area contributed by atoms with Crippen molar-refractivity contribution in [2.45, 2.75) is 31.2 Å². The number of aryl methyl sites for hydroxylation is 3. The normalized spacial score (nSPS) is 12.0. The number of nitrogen functional groups attached to an aromatic ring is 1. The van der Waals surface area contributed by atoms with Gasteiger partial charge in [-0.3, -0.25) is 4.79 Å². The van der Waals surface area contributed by atoms with Gasteiger partial charge in [0.1, 0.15) is 11.0 Å². The topological polar surface area (TPSA) is 99.0 Å². The SMILES string of the molecule is Cc1cc(C)cc(NC(=O)C(Sc2nnc(-c3ccoc3C)n2N)c2ccccc2)c1. The second-order valence-corrected chi connectivity index (χ2v) is 8.41. The summed E-state index contributed by atoms with van der Waals surface area (Å²) in [5.41, 5.74) is 4.53. The van der Waals surface area contributed by atoms with Crippen molar-refractivity contribution >= 4 is 23.4 Å². The number of carbonyl (C=O) groups is 1. The lowest BCUT2D eigenvalue weighted by atomic mass is 10.1. The van der Waals surface area contributed by atoms with Gasteiger partial charge in [0.25, 0.3) is 0 Å². The molecule has 0 spiro atoms. The lowest BCUT2D eigenvalue weighted by Gasteiger charge is -2.17. The molecule has 4 rings (SSSR count). The first kappa shape index (κ1) is 20.7. The van der Waals surface area contributed by atoms with Crippen molar-refractivity contribution in [3.05, 3.63) is 83.3 Å². The monoisotopic (exact) mass is 433 g/mol. The molecule has 7 nitrogen and oxygen atoms in total. The van der Waals surface area contributed by atoms with Gasteiger partial charge < -0.3 is 15.6 Å². The Morgan fingerprint density at radius 1 is 1.06 bits per heavy atom. The quantitative estimate of drug-likeness (QED) is 0.339. The van der Waals surface area contributed by atoms with Gasteiger partial charge in [-0.2, -0.15) is 0 Å². The molecule has 1 atom stereocenters. The first-order valence-corrected chi connectivity index (χ1v) is 10.7. The molecule has 0 fully saturated rings.